The quantitative estimate of drug-likeness (QED) is 0.718. The number of hydrogen-bond acceptors (Lipinski definition) is 4. The Hall–Kier alpha value is -1.05. The third-order valence-electron chi connectivity index (χ3n) is 2.43. The van der Waals surface area contributed by atoms with E-state index < -0.39 is 16.1 Å². The van der Waals surface area contributed by atoms with E-state index in [1.165, 1.54) is 0 Å². The van der Waals surface area contributed by atoms with Crippen molar-refractivity contribution in [2.24, 2.45) is 5.73 Å². The summed E-state index contributed by atoms with van der Waals surface area (Å²) in [6, 6.07) is 4.93. The van der Waals surface area contributed by atoms with Crippen molar-refractivity contribution in [3.63, 3.8) is 0 Å². The fourth-order valence-electron chi connectivity index (χ4n) is 1.40. The molecule has 0 fully saturated rings. The Bertz CT molecular complexity index is 488. The highest BCUT2D eigenvalue weighted by Crippen LogP contribution is 2.00. The third kappa shape index (κ3) is 5.07. The van der Waals surface area contributed by atoms with Gasteiger partial charge in [-0.25, -0.2) is 13.1 Å². The number of nitrogens with one attached hydrogen (secondary N) is 1. The molecule has 100 valence electrons. The molecule has 0 saturated carbocycles. The molecule has 1 aromatic heterocycles. The van der Waals surface area contributed by atoms with Crippen LogP contribution in [0.5, 0.6) is 0 Å². The monoisotopic (exact) mass is 287 g/mol. The van der Waals surface area contributed by atoms with Crippen LogP contribution in [0.15, 0.2) is 24.4 Å². The van der Waals surface area contributed by atoms with Gasteiger partial charge < -0.3 is 5.73 Å². The summed E-state index contributed by atoms with van der Waals surface area (Å²) in [5.41, 5.74) is 6.20. The number of aromatic nitrogens is 1. The van der Waals surface area contributed by atoms with Crippen molar-refractivity contribution >= 4 is 27.2 Å². The molecule has 3 N–H and O–H groups in total. The SMILES string of the molecule is CCC(NS(=O)(=O)CCc1ccccn1)C(N)=S. The molecule has 5 nitrogen and oxygen atoms in total. The molecule has 18 heavy (non-hydrogen) atoms. The Labute approximate surface area is 113 Å². The van der Waals surface area contributed by atoms with E-state index in [9.17, 15) is 8.42 Å². The van der Waals surface area contributed by atoms with Crippen LogP contribution in [0.2, 0.25) is 0 Å². The van der Waals surface area contributed by atoms with E-state index in [2.05, 4.69) is 9.71 Å². The van der Waals surface area contributed by atoms with E-state index in [1.54, 1.807) is 18.3 Å². The van der Waals surface area contributed by atoms with Gasteiger partial charge in [0.1, 0.15) is 0 Å². The average molecular weight is 287 g/mol. The second kappa shape index (κ2) is 6.77. The lowest BCUT2D eigenvalue weighted by Crippen LogP contribution is -2.44. The summed E-state index contributed by atoms with van der Waals surface area (Å²) in [6.45, 7) is 1.82. The largest absolute Gasteiger partial charge is 0.392 e. The van der Waals surface area contributed by atoms with Gasteiger partial charge >= 0.3 is 0 Å². The normalized spacial score (nSPS) is 13.2. The van der Waals surface area contributed by atoms with Crippen LogP contribution in [0.4, 0.5) is 0 Å². The molecule has 7 heteroatoms. The first kappa shape index (κ1) is 15.0. The first-order valence-corrected chi connectivity index (χ1v) is 7.70. The fourth-order valence-corrected chi connectivity index (χ4v) is 3.03. The van der Waals surface area contributed by atoms with E-state index in [-0.39, 0.29) is 10.7 Å². The molecule has 0 aliphatic rings. The number of thiocarbonyl (C=S) groups is 1. The van der Waals surface area contributed by atoms with Gasteiger partial charge in [-0.3, -0.25) is 4.98 Å². The van der Waals surface area contributed by atoms with Crippen molar-refractivity contribution in [2.75, 3.05) is 5.75 Å². The molecular formula is C11H17N3O2S2. The maximum atomic E-state index is 11.8. The van der Waals surface area contributed by atoms with Gasteiger partial charge in [0.05, 0.1) is 16.8 Å². The van der Waals surface area contributed by atoms with Gasteiger partial charge in [-0.05, 0) is 18.6 Å². The van der Waals surface area contributed by atoms with Crippen LogP contribution >= 0.6 is 12.2 Å². The lowest BCUT2D eigenvalue weighted by Gasteiger charge is -2.15. The van der Waals surface area contributed by atoms with Gasteiger partial charge in [0.2, 0.25) is 10.0 Å². The summed E-state index contributed by atoms with van der Waals surface area (Å²) in [6.07, 6.45) is 2.54. The highest BCUT2D eigenvalue weighted by Gasteiger charge is 2.18. The van der Waals surface area contributed by atoms with E-state index >= 15 is 0 Å². The number of nitrogens with two attached hydrogens (primary N) is 1. The maximum absolute atomic E-state index is 11.8. The highest BCUT2D eigenvalue weighted by atomic mass is 32.2. The summed E-state index contributed by atoms with van der Waals surface area (Å²) in [5.74, 6) is -0.0247. The van der Waals surface area contributed by atoms with Gasteiger partial charge in [-0.15, -0.1) is 0 Å². The van der Waals surface area contributed by atoms with Gasteiger partial charge in [-0.1, -0.05) is 25.2 Å². The molecule has 1 rings (SSSR count). The smallest absolute Gasteiger partial charge is 0.212 e. The lowest BCUT2D eigenvalue weighted by molar-refractivity contribution is 0.571. The molecule has 1 unspecified atom stereocenters. The van der Waals surface area contributed by atoms with E-state index in [0.29, 0.717) is 12.8 Å². The number of sulfonamides is 1. The van der Waals surface area contributed by atoms with Gasteiger partial charge in [-0.2, -0.15) is 0 Å². The minimum absolute atomic E-state index is 0.0247. The van der Waals surface area contributed by atoms with Crippen LogP contribution in [0.1, 0.15) is 19.0 Å². The van der Waals surface area contributed by atoms with Crippen molar-refractivity contribution < 1.29 is 8.42 Å². The van der Waals surface area contributed by atoms with Gasteiger partial charge in [0, 0.05) is 18.3 Å². The highest BCUT2D eigenvalue weighted by molar-refractivity contribution is 7.89. The van der Waals surface area contributed by atoms with Crippen LogP contribution in [-0.4, -0.2) is 30.2 Å². The molecular weight excluding hydrogens is 270 g/mol. The van der Waals surface area contributed by atoms with E-state index in [4.69, 9.17) is 18.0 Å². The van der Waals surface area contributed by atoms with Crippen molar-refractivity contribution in [3.8, 4) is 0 Å². The Kier molecular flexibility index (Phi) is 5.64. The van der Waals surface area contributed by atoms with E-state index in [1.807, 2.05) is 13.0 Å². The number of aryl methyl sites for hydroxylation is 1. The van der Waals surface area contributed by atoms with Crippen LogP contribution in [0.25, 0.3) is 0 Å². The standard InChI is InChI=1S/C11H17N3O2S2/c1-2-10(11(12)17)14-18(15,16)8-6-9-5-3-4-7-13-9/h3-5,7,10,14H,2,6,8H2,1H3,(H2,12,17). The zero-order chi connectivity index (χ0) is 13.6. The maximum Gasteiger partial charge on any atom is 0.212 e. The van der Waals surface area contributed by atoms with Crippen molar-refractivity contribution in [3.05, 3.63) is 30.1 Å². The molecule has 0 saturated heterocycles. The molecule has 1 heterocycles. The summed E-state index contributed by atoms with van der Waals surface area (Å²) < 4.78 is 26.1. The molecule has 0 radical (unpaired) electrons. The van der Waals surface area contributed by atoms with Crippen molar-refractivity contribution in [2.45, 2.75) is 25.8 Å². The van der Waals surface area contributed by atoms with Crippen molar-refractivity contribution in [1.29, 1.82) is 0 Å². The zero-order valence-electron chi connectivity index (χ0n) is 10.2. The second-order valence-corrected chi connectivity index (χ2v) is 6.22. The van der Waals surface area contributed by atoms with Gasteiger partial charge in [0.15, 0.2) is 0 Å². The topological polar surface area (TPSA) is 85.1 Å². The van der Waals surface area contributed by atoms with Crippen LogP contribution < -0.4 is 10.5 Å². The minimum atomic E-state index is -3.39. The third-order valence-corrected chi connectivity index (χ3v) is 4.10. The van der Waals surface area contributed by atoms with Gasteiger partial charge in [0.25, 0.3) is 0 Å². The predicted molar refractivity (Wildman–Crippen MR) is 75.7 cm³/mol. The van der Waals surface area contributed by atoms with Crippen LogP contribution in [0.3, 0.4) is 0 Å². The fraction of sp³-hybridized carbons (Fsp3) is 0.455. The predicted octanol–water partition coefficient (Wildman–Crippen LogP) is 0.608. The van der Waals surface area contributed by atoms with Crippen LogP contribution in [-0.2, 0) is 16.4 Å². The Morgan fingerprint density at radius 1 is 1.56 bits per heavy atom. The first-order valence-electron chi connectivity index (χ1n) is 5.64. The Morgan fingerprint density at radius 3 is 2.78 bits per heavy atom. The minimum Gasteiger partial charge on any atom is -0.392 e. The Morgan fingerprint density at radius 2 is 2.28 bits per heavy atom. The summed E-state index contributed by atoms with van der Waals surface area (Å²) >= 11 is 4.80. The Balaban J connectivity index is 2.57. The number of nitrogens with zero attached hydrogens (tertiary/aromatic N) is 1. The van der Waals surface area contributed by atoms with Crippen molar-refractivity contribution in [1.82, 2.24) is 9.71 Å². The average Bonchev–Trinajstić information content (AvgIpc) is 2.35. The zero-order valence-corrected chi connectivity index (χ0v) is 11.8. The van der Waals surface area contributed by atoms with Crippen LogP contribution in [0, 0.1) is 0 Å². The number of rotatable bonds is 7. The van der Waals surface area contributed by atoms with E-state index in [0.717, 1.165) is 5.69 Å². The molecule has 1 atom stereocenters. The molecule has 0 aliphatic carbocycles. The molecule has 0 aromatic carbocycles. The second-order valence-electron chi connectivity index (χ2n) is 3.87. The lowest BCUT2D eigenvalue weighted by atomic mass is 10.2. The molecule has 0 spiro atoms. The molecule has 0 amide bonds. The first-order chi connectivity index (χ1) is 8.44. The summed E-state index contributed by atoms with van der Waals surface area (Å²) in [4.78, 5) is 4.24. The summed E-state index contributed by atoms with van der Waals surface area (Å²) in [5, 5.41) is 0. The number of hydrogen-bond donors (Lipinski definition) is 2. The molecule has 0 aliphatic heterocycles. The summed E-state index contributed by atoms with van der Waals surface area (Å²) in [7, 11) is -3.39. The molecule has 0 bridgehead atoms. The molecule has 1 aromatic rings. The number of pyridine rings is 1.